The highest BCUT2D eigenvalue weighted by Gasteiger charge is 2.07. The van der Waals surface area contributed by atoms with E-state index in [0.717, 1.165) is 17.7 Å². The largest absolute Gasteiger partial charge is 0.332 e. The Balaban J connectivity index is 1.55. The van der Waals surface area contributed by atoms with E-state index in [-0.39, 0.29) is 0 Å². The summed E-state index contributed by atoms with van der Waals surface area (Å²) in [5, 5.41) is 12.1. The smallest absolute Gasteiger partial charge is 0.248 e. The molecule has 0 fully saturated rings. The maximum Gasteiger partial charge on any atom is 0.248 e. The molecule has 0 bridgehead atoms. The maximum absolute atomic E-state index is 6.21. The Kier molecular flexibility index (Phi) is 7.25. The van der Waals surface area contributed by atoms with E-state index in [4.69, 9.17) is 35.4 Å². The molecule has 3 aromatic rings. The number of aryl methyl sites for hydroxylation is 1. The van der Waals surface area contributed by atoms with Crippen molar-refractivity contribution in [2.45, 2.75) is 32.7 Å². The number of hydrogen-bond acceptors (Lipinski definition) is 3. The van der Waals surface area contributed by atoms with Crippen LogP contribution >= 0.6 is 35.4 Å². The fourth-order valence-corrected chi connectivity index (χ4v) is 3.33. The van der Waals surface area contributed by atoms with Crippen LogP contribution in [0.15, 0.2) is 48.8 Å². The monoisotopic (exact) mass is 433 g/mol. The topological polar surface area (TPSA) is 54.8 Å². The lowest BCUT2D eigenvalue weighted by Crippen LogP contribution is -2.20. The number of unbranched alkanes of at least 4 members (excludes halogenated alkanes) is 1. The van der Waals surface area contributed by atoms with Crippen LogP contribution in [0.2, 0.25) is 10.0 Å². The first-order valence-corrected chi connectivity index (χ1v) is 10.2. The van der Waals surface area contributed by atoms with Crippen LogP contribution in [0.3, 0.4) is 0 Å². The first-order chi connectivity index (χ1) is 13.5. The molecule has 0 saturated heterocycles. The minimum absolute atomic E-state index is 0.419. The number of benzene rings is 2. The first kappa shape index (κ1) is 20.6. The molecule has 0 aliphatic heterocycles. The lowest BCUT2D eigenvalue weighted by Gasteiger charge is -2.09. The Bertz CT molecular complexity index is 940. The number of thiocarbonyl (C=S) groups is 1. The summed E-state index contributed by atoms with van der Waals surface area (Å²) < 4.78 is 1.68. The maximum atomic E-state index is 6.21. The fourth-order valence-electron chi connectivity index (χ4n) is 2.65. The summed E-state index contributed by atoms with van der Waals surface area (Å²) in [6.07, 6.45) is 5.11. The number of nitrogens with one attached hydrogen (secondary N) is 2. The van der Waals surface area contributed by atoms with Crippen molar-refractivity contribution in [1.29, 1.82) is 0 Å². The molecule has 2 aromatic carbocycles. The Morgan fingerprint density at radius 1 is 1.11 bits per heavy atom. The van der Waals surface area contributed by atoms with E-state index in [1.54, 1.807) is 23.1 Å². The van der Waals surface area contributed by atoms with Crippen molar-refractivity contribution in [3.63, 3.8) is 0 Å². The first-order valence-electron chi connectivity index (χ1n) is 9.04. The highest BCUT2D eigenvalue weighted by Crippen LogP contribution is 2.21. The van der Waals surface area contributed by atoms with Gasteiger partial charge in [0.2, 0.25) is 5.95 Å². The van der Waals surface area contributed by atoms with Gasteiger partial charge in [0.15, 0.2) is 5.11 Å². The lowest BCUT2D eigenvalue weighted by molar-refractivity contribution is 0.687. The van der Waals surface area contributed by atoms with Gasteiger partial charge in [0.1, 0.15) is 6.33 Å². The van der Waals surface area contributed by atoms with Gasteiger partial charge in [-0.15, -0.1) is 5.10 Å². The lowest BCUT2D eigenvalue weighted by atomic mass is 10.1. The molecule has 28 heavy (non-hydrogen) atoms. The number of anilines is 2. The molecule has 2 N–H and O–H groups in total. The number of aromatic nitrogens is 3. The Labute approximate surface area is 180 Å². The third kappa shape index (κ3) is 5.92. The standard InChI is InChI=1S/C20H21Cl2N5S/c1-2-3-4-14-5-9-17(10-6-14)24-20(28)25-19-23-13-27(26-19)12-15-7-8-16(21)11-18(15)22/h5-11,13H,2-4,12H2,1H3,(H2,24,25,26,28). The molecule has 1 aromatic heterocycles. The van der Waals surface area contributed by atoms with E-state index < -0.39 is 0 Å². The number of nitrogens with zero attached hydrogens (tertiary/aromatic N) is 3. The fraction of sp³-hybridized carbons (Fsp3) is 0.250. The van der Waals surface area contributed by atoms with Crippen LogP contribution in [-0.4, -0.2) is 19.9 Å². The van der Waals surface area contributed by atoms with Gasteiger partial charge in [0.05, 0.1) is 6.54 Å². The van der Waals surface area contributed by atoms with Gasteiger partial charge >= 0.3 is 0 Å². The molecule has 0 atom stereocenters. The van der Waals surface area contributed by atoms with Crippen molar-refractivity contribution >= 4 is 52.2 Å². The van der Waals surface area contributed by atoms with Crippen LogP contribution < -0.4 is 10.6 Å². The third-order valence-electron chi connectivity index (χ3n) is 4.14. The summed E-state index contributed by atoms with van der Waals surface area (Å²) >= 11 is 17.5. The van der Waals surface area contributed by atoms with Gasteiger partial charge in [-0.05, 0) is 60.5 Å². The van der Waals surface area contributed by atoms with Gasteiger partial charge in [0.25, 0.3) is 0 Å². The zero-order valence-corrected chi connectivity index (χ0v) is 17.8. The van der Waals surface area contributed by atoms with Crippen molar-refractivity contribution in [3.8, 4) is 0 Å². The molecule has 0 aliphatic carbocycles. The van der Waals surface area contributed by atoms with Crippen LogP contribution in [-0.2, 0) is 13.0 Å². The van der Waals surface area contributed by atoms with Gasteiger partial charge in [-0.1, -0.05) is 54.7 Å². The van der Waals surface area contributed by atoms with Gasteiger partial charge in [-0.25, -0.2) is 9.67 Å². The van der Waals surface area contributed by atoms with Crippen LogP contribution in [0.25, 0.3) is 0 Å². The second kappa shape index (κ2) is 9.87. The van der Waals surface area contributed by atoms with Gasteiger partial charge < -0.3 is 5.32 Å². The summed E-state index contributed by atoms with van der Waals surface area (Å²) in [5.74, 6) is 0.419. The summed E-state index contributed by atoms with van der Waals surface area (Å²) in [6, 6.07) is 13.6. The third-order valence-corrected chi connectivity index (χ3v) is 4.93. The predicted molar refractivity (Wildman–Crippen MR) is 120 cm³/mol. The molecular formula is C20H21Cl2N5S. The van der Waals surface area contributed by atoms with Crippen molar-refractivity contribution in [2.24, 2.45) is 0 Å². The molecule has 0 unspecified atom stereocenters. The minimum Gasteiger partial charge on any atom is -0.332 e. The molecule has 0 saturated carbocycles. The molecule has 146 valence electrons. The molecular weight excluding hydrogens is 413 g/mol. The molecule has 8 heteroatoms. The van der Waals surface area contributed by atoms with Crippen LogP contribution in [0.1, 0.15) is 30.9 Å². The van der Waals surface area contributed by atoms with E-state index in [1.165, 1.54) is 18.4 Å². The van der Waals surface area contributed by atoms with Crippen molar-refractivity contribution in [1.82, 2.24) is 14.8 Å². The van der Waals surface area contributed by atoms with Crippen molar-refractivity contribution in [2.75, 3.05) is 10.6 Å². The van der Waals surface area contributed by atoms with Gasteiger partial charge in [-0.2, -0.15) is 0 Å². The van der Waals surface area contributed by atoms with E-state index >= 15 is 0 Å². The van der Waals surface area contributed by atoms with E-state index in [0.29, 0.717) is 27.7 Å². The second-order valence-corrected chi connectivity index (χ2v) is 7.63. The highest BCUT2D eigenvalue weighted by atomic mass is 35.5. The molecule has 0 radical (unpaired) electrons. The van der Waals surface area contributed by atoms with E-state index in [9.17, 15) is 0 Å². The zero-order chi connectivity index (χ0) is 19.9. The SMILES string of the molecule is CCCCc1ccc(NC(=S)Nc2ncn(Cc3ccc(Cl)cc3Cl)n2)cc1. The molecule has 0 aliphatic rings. The molecule has 3 rings (SSSR count). The Hall–Kier alpha value is -2.15. The van der Waals surface area contributed by atoms with E-state index in [1.807, 2.05) is 18.2 Å². The minimum atomic E-state index is 0.419. The van der Waals surface area contributed by atoms with Crippen LogP contribution in [0, 0.1) is 0 Å². The van der Waals surface area contributed by atoms with Gasteiger partial charge in [-0.3, -0.25) is 5.32 Å². The summed E-state index contributed by atoms with van der Waals surface area (Å²) in [6.45, 7) is 2.68. The molecule has 5 nitrogen and oxygen atoms in total. The second-order valence-electron chi connectivity index (χ2n) is 6.38. The molecule has 1 heterocycles. The number of rotatable bonds is 7. The quantitative estimate of drug-likeness (QED) is 0.462. The average Bonchev–Trinajstić information content (AvgIpc) is 3.10. The van der Waals surface area contributed by atoms with Crippen molar-refractivity contribution in [3.05, 3.63) is 70.0 Å². The molecule has 0 spiro atoms. The van der Waals surface area contributed by atoms with Crippen LogP contribution in [0.4, 0.5) is 11.6 Å². The van der Waals surface area contributed by atoms with E-state index in [2.05, 4.69) is 39.8 Å². The normalized spacial score (nSPS) is 10.7. The number of halogens is 2. The average molecular weight is 434 g/mol. The molecule has 0 amide bonds. The van der Waals surface area contributed by atoms with Crippen molar-refractivity contribution < 1.29 is 0 Å². The Morgan fingerprint density at radius 3 is 2.61 bits per heavy atom. The summed E-state index contributed by atoms with van der Waals surface area (Å²) in [7, 11) is 0. The summed E-state index contributed by atoms with van der Waals surface area (Å²) in [5.41, 5.74) is 3.16. The predicted octanol–water partition coefficient (Wildman–Crippen LogP) is 5.78. The van der Waals surface area contributed by atoms with Gasteiger partial charge in [0, 0.05) is 15.7 Å². The Morgan fingerprint density at radius 2 is 1.89 bits per heavy atom. The summed E-state index contributed by atoms with van der Waals surface area (Å²) in [4.78, 5) is 4.23. The highest BCUT2D eigenvalue weighted by molar-refractivity contribution is 7.80. The number of hydrogen-bond donors (Lipinski definition) is 2. The zero-order valence-electron chi connectivity index (χ0n) is 15.5. The van der Waals surface area contributed by atoms with Crippen LogP contribution in [0.5, 0.6) is 0 Å².